The molecule has 182 valence electrons. The van der Waals surface area contributed by atoms with Gasteiger partial charge in [0, 0.05) is 12.5 Å². The number of nitrogens with one attached hydrogen (secondary N) is 2. The van der Waals surface area contributed by atoms with E-state index in [1.54, 1.807) is 6.92 Å². The molecular formula is C21H22F3N5O4S. The third-order valence-electron chi connectivity index (χ3n) is 6.34. The average molecular weight is 497 g/mol. The van der Waals surface area contributed by atoms with Crippen LogP contribution in [0.1, 0.15) is 18.5 Å². The summed E-state index contributed by atoms with van der Waals surface area (Å²) in [5, 5.41) is 38.3. The minimum atomic E-state index is -4.75. The zero-order chi connectivity index (χ0) is 24.3. The van der Waals surface area contributed by atoms with Crippen molar-refractivity contribution in [1.82, 2.24) is 15.0 Å². The zero-order valence-electron chi connectivity index (χ0n) is 17.9. The number of rotatable bonds is 7. The van der Waals surface area contributed by atoms with Crippen LogP contribution in [0.4, 0.5) is 24.9 Å². The Bertz CT molecular complexity index is 1210. The fraction of sp³-hybridized carbons (Fsp3) is 0.476. The summed E-state index contributed by atoms with van der Waals surface area (Å²) < 4.78 is 41.4. The molecule has 4 unspecified atom stereocenters. The molecule has 2 aliphatic carbocycles. The van der Waals surface area contributed by atoms with Crippen LogP contribution in [0.15, 0.2) is 24.3 Å². The first kappa shape index (κ1) is 23.2. The fourth-order valence-electron chi connectivity index (χ4n) is 4.58. The molecular weight excluding hydrogens is 475 g/mol. The highest BCUT2D eigenvalue weighted by molar-refractivity contribution is 7.21. The highest BCUT2D eigenvalue weighted by atomic mass is 32.1. The molecule has 0 amide bonds. The van der Waals surface area contributed by atoms with Crippen LogP contribution in [0.3, 0.4) is 0 Å². The molecule has 2 heterocycles. The Kier molecular flexibility index (Phi) is 5.44. The lowest BCUT2D eigenvalue weighted by Gasteiger charge is -2.32. The zero-order valence-corrected chi connectivity index (χ0v) is 18.7. The summed E-state index contributed by atoms with van der Waals surface area (Å²) in [5.41, 5.74) is -1.87. The Morgan fingerprint density at radius 2 is 1.97 bits per heavy atom. The van der Waals surface area contributed by atoms with Crippen molar-refractivity contribution >= 4 is 33.3 Å². The molecule has 5 N–H and O–H groups in total. The van der Waals surface area contributed by atoms with Gasteiger partial charge in [-0.1, -0.05) is 12.1 Å². The van der Waals surface area contributed by atoms with E-state index in [2.05, 4.69) is 30.3 Å². The van der Waals surface area contributed by atoms with Crippen molar-refractivity contribution in [3.8, 4) is 10.6 Å². The smallest absolute Gasteiger partial charge is 0.390 e. The predicted octanol–water partition coefficient (Wildman–Crippen LogP) is 2.63. The molecule has 2 aromatic heterocycles. The molecule has 5 rings (SSSR count). The number of fused-ring (bicyclic) bond motifs is 2. The summed E-state index contributed by atoms with van der Waals surface area (Å²) >= 11 is 1.39. The molecule has 0 radical (unpaired) electrons. The van der Waals surface area contributed by atoms with E-state index in [0.29, 0.717) is 22.7 Å². The number of para-hydroxylation sites is 1. The van der Waals surface area contributed by atoms with Gasteiger partial charge in [-0.2, -0.15) is 4.98 Å². The second-order valence-electron chi connectivity index (χ2n) is 8.46. The van der Waals surface area contributed by atoms with Crippen LogP contribution in [-0.2, 0) is 4.74 Å². The van der Waals surface area contributed by atoms with Crippen molar-refractivity contribution in [1.29, 1.82) is 0 Å². The molecule has 4 atom stereocenters. The maximum atomic E-state index is 12.2. The van der Waals surface area contributed by atoms with Gasteiger partial charge in [0.1, 0.15) is 16.4 Å². The molecule has 2 fully saturated rings. The van der Waals surface area contributed by atoms with Crippen LogP contribution in [0.25, 0.3) is 20.8 Å². The van der Waals surface area contributed by atoms with Gasteiger partial charge in [-0.25, -0.2) is 9.97 Å². The summed E-state index contributed by atoms with van der Waals surface area (Å²) in [6.07, 6.45) is -5.22. The van der Waals surface area contributed by atoms with Crippen LogP contribution in [0.2, 0.25) is 0 Å². The molecule has 9 nitrogen and oxygen atoms in total. The Morgan fingerprint density at radius 3 is 2.65 bits per heavy atom. The number of aliphatic hydroxyl groups excluding tert-OH is 1. The van der Waals surface area contributed by atoms with Gasteiger partial charge >= 0.3 is 6.36 Å². The van der Waals surface area contributed by atoms with E-state index >= 15 is 0 Å². The van der Waals surface area contributed by atoms with Crippen LogP contribution in [0.5, 0.6) is 0 Å². The number of halogens is 3. The van der Waals surface area contributed by atoms with E-state index < -0.39 is 36.3 Å². The predicted molar refractivity (Wildman–Crippen MR) is 118 cm³/mol. The first-order valence-corrected chi connectivity index (χ1v) is 11.4. The van der Waals surface area contributed by atoms with Gasteiger partial charge in [0.05, 0.1) is 34.2 Å². The van der Waals surface area contributed by atoms with Crippen LogP contribution >= 0.6 is 11.3 Å². The van der Waals surface area contributed by atoms with Gasteiger partial charge in [0.2, 0.25) is 5.95 Å². The molecule has 34 heavy (non-hydrogen) atoms. The summed E-state index contributed by atoms with van der Waals surface area (Å²) in [4.78, 5) is 13.4. The number of nitrogens with zero attached hydrogens (tertiary/aromatic N) is 3. The number of hydrogen-bond donors (Lipinski definition) is 5. The number of thiazole rings is 1. The standard InChI is InChI=1S/C21H22F3N5O4S/c1-10-14(17-27-12-4-2-3-5-13(12)34-17)16(28-18(26-10)25-8-9-33-21(22,23)24)29-19(31)7-6-11-15(30)20(11,19)32/h2-5,11,15,30-32H,6-9H2,1H3,(H2,25,26,28,29). The van der Waals surface area contributed by atoms with Gasteiger partial charge < -0.3 is 26.0 Å². The van der Waals surface area contributed by atoms with Gasteiger partial charge in [0.15, 0.2) is 5.72 Å². The van der Waals surface area contributed by atoms with E-state index in [1.807, 2.05) is 24.3 Å². The quantitative estimate of drug-likeness (QED) is 0.247. The molecule has 13 heteroatoms. The number of anilines is 2. The third kappa shape index (κ3) is 3.86. The van der Waals surface area contributed by atoms with Gasteiger partial charge in [0.25, 0.3) is 0 Å². The van der Waals surface area contributed by atoms with E-state index in [0.717, 1.165) is 10.2 Å². The highest BCUT2D eigenvalue weighted by Gasteiger charge is 2.78. The molecule has 0 saturated heterocycles. The lowest BCUT2D eigenvalue weighted by atomic mass is 10.0. The normalized spacial score (nSPS) is 28.2. The monoisotopic (exact) mass is 497 g/mol. The fourth-order valence-corrected chi connectivity index (χ4v) is 5.65. The van der Waals surface area contributed by atoms with Crippen LogP contribution < -0.4 is 10.6 Å². The molecule has 2 aliphatic rings. The number of hydrogen-bond acceptors (Lipinski definition) is 10. The van der Waals surface area contributed by atoms with Crippen molar-refractivity contribution in [2.24, 2.45) is 5.92 Å². The van der Waals surface area contributed by atoms with E-state index in [1.165, 1.54) is 11.3 Å². The van der Waals surface area contributed by atoms with Gasteiger partial charge in [-0.15, -0.1) is 24.5 Å². The van der Waals surface area contributed by atoms with E-state index in [-0.39, 0.29) is 24.7 Å². The number of ether oxygens (including phenoxy) is 1. The van der Waals surface area contributed by atoms with Crippen molar-refractivity contribution in [2.45, 2.75) is 43.6 Å². The Balaban J connectivity index is 1.50. The van der Waals surface area contributed by atoms with Crippen LogP contribution in [0, 0.1) is 12.8 Å². The number of benzene rings is 1. The number of aryl methyl sites for hydroxylation is 1. The average Bonchev–Trinajstić information content (AvgIpc) is 3.03. The first-order chi connectivity index (χ1) is 16.0. The Hall–Kier alpha value is -2.58. The Morgan fingerprint density at radius 1 is 1.21 bits per heavy atom. The molecule has 1 aromatic carbocycles. The second kappa shape index (κ2) is 7.99. The number of aliphatic hydroxyl groups is 3. The molecule has 0 aliphatic heterocycles. The summed E-state index contributed by atoms with van der Waals surface area (Å²) in [5.74, 6) is -0.297. The van der Waals surface area contributed by atoms with Crippen molar-refractivity contribution in [2.75, 3.05) is 23.8 Å². The number of alkyl halides is 3. The minimum Gasteiger partial charge on any atom is -0.390 e. The van der Waals surface area contributed by atoms with Crippen LogP contribution in [-0.4, -0.2) is 67.2 Å². The topological polar surface area (TPSA) is 133 Å². The maximum absolute atomic E-state index is 12.2. The van der Waals surface area contributed by atoms with Crippen molar-refractivity contribution in [3.05, 3.63) is 30.0 Å². The largest absolute Gasteiger partial charge is 0.522 e. The summed E-state index contributed by atoms with van der Waals surface area (Å²) in [6, 6.07) is 7.51. The van der Waals surface area contributed by atoms with Gasteiger partial charge in [-0.05, 0) is 31.9 Å². The van der Waals surface area contributed by atoms with Crippen molar-refractivity contribution < 1.29 is 33.2 Å². The lowest BCUT2D eigenvalue weighted by molar-refractivity contribution is -0.322. The molecule has 2 saturated carbocycles. The van der Waals surface area contributed by atoms with Gasteiger partial charge in [-0.3, -0.25) is 4.74 Å². The lowest BCUT2D eigenvalue weighted by Crippen LogP contribution is -2.51. The van der Waals surface area contributed by atoms with E-state index in [9.17, 15) is 28.5 Å². The summed E-state index contributed by atoms with van der Waals surface area (Å²) in [7, 11) is 0. The van der Waals surface area contributed by atoms with Crippen molar-refractivity contribution in [3.63, 3.8) is 0 Å². The SMILES string of the molecule is Cc1nc(NCCOC(F)(F)F)nc(NC2(O)CCC3C(O)C32O)c1-c1nc2ccccc2s1. The summed E-state index contributed by atoms with van der Waals surface area (Å²) in [6.45, 7) is 0.827. The minimum absolute atomic E-state index is 0.0112. The first-order valence-electron chi connectivity index (χ1n) is 10.6. The Labute approximate surface area is 195 Å². The molecule has 3 aromatic rings. The molecule has 0 spiro atoms. The maximum Gasteiger partial charge on any atom is 0.522 e. The van der Waals surface area contributed by atoms with E-state index in [4.69, 9.17) is 0 Å². The third-order valence-corrected chi connectivity index (χ3v) is 7.40. The molecule has 0 bridgehead atoms. The second-order valence-corrected chi connectivity index (χ2v) is 9.50. The highest BCUT2D eigenvalue weighted by Crippen LogP contribution is 2.61. The number of aromatic nitrogens is 3.